The van der Waals surface area contributed by atoms with Gasteiger partial charge in [-0.2, -0.15) is 0 Å². The molecule has 22 heavy (non-hydrogen) atoms. The zero-order chi connectivity index (χ0) is 15.5. The third-order valence-electron chi connectivity index (χ3n) is 3.79. The Labute approximate surface area is 129 Å². The van der Waals surface area contributed by atoms with E-state index in [9.17, 15) is 4.79 Å². The number of benzene rings is 1. The lowest BCUT2D eigenvalue weighted by molar-refractivity contribution is -0.116. The van der Waals surface area contributed by atoms with E-state index in [0.717, 1.165) is 22.8 Å². The molecule has 1 aromatic carbocycles. The zero-order valence-corrected chi connectivity index (χ0v) is 12.5. The highest BCUT2D eigenvalue weighted by Gasteiger charge is 2.15. The lowest BCUT2D eigenvalue weighted by Crippen LogP contribution is -2.15. The van der Waals surface area contributed by atoms with Crippen LogP contribution in [0, 0.1) is 5.92 Å². The van der Waals surface area contributed by atoms with Gasteiger partial charge in [0.1, 0.15) is 5.82 Å². The van der Waals surface area contributed by atoms with Crippen LogP contribution in [0.2, 0.25) is 0 Å². The van der Waals surface area contributed by atoms with E-state index in [1.54, 1.807) is 0 Å². The molecule has 0 fully saturated rings. The number of nitrogens with two attached hydrogens (primary N) is 1. The molecule has 114 valence electrons. The predicted molar refractivity (Wildman–Crippen MR) is 87.1 cm³/mol. The van der Waals surface area contributed by atoms with Crippen LogP contribution in [-0.4, -0.2) is 15.9 Å². The molecule has 0 aliphatic carbocycles. The number of allylic oxidation sites excluding steroid dienone is 1. The van der Waals surface area contributed by atoms with Crippen LogP contribution >= 0.6 is 0 Å². The highest BCUT2D eigenvalue weighted by atomic mass is 16.1. The van der Waals surface area contributed by atoms with Crippen molar-refractivity contribution in [3.63, 3.8) is 0 Å². The van der Waals surface area contributed by atoms with Gasteiger partial charge in [-0.3, -0.25) is 4.79 Å². The first-order valence-electron chi connectivity index (χ1n) is 7.50. The summed E-state index contributed by atoms with van der Waals surface area (Å²) >= 11 is 0. The van der Waals surface area contributed by atoms with Crippen LogP contribution in [0.4, 0.5) is 5.69 Å². The maximum atomic E-state index is 12.2. The number of nitrogens with one attached hydrogen (secondary N) is 2. The second-order valence-corrected chi connectivity index (χ2v) is 5.72. The third kappa shape index (κ3) is 3.09. The summed E-state index contributed by atoms with van der Waals surface area (Å²) < 4.78 is 0. The van der Waals surface area contributed by atoms with E-state index < -0.39 is 0 Å². The summed E-state index contributed by atoms with van der Waals surface area (Å²) in [5, 5.41) is 2.98. The first kappa shape index (κ1) is 14.5. The Kier molecular flexibility index (Phi) is 4.06. The zero-order valence-electron chi connectivity index (χ0n) is 12.5. The summed E-state index contributed by atoms with van der Waals surface area (Å²) in [6, 6.07) is 7.50. The van der Waals surface area contributed by atoms with Gasteiger partial charge in [0.05, 0.1) is 17.4 Å². The summed E-state index contributed by atoms with van der Waals surface area (Å²) in [4.78, 5) is 19.9. The first-order valence-corrected chi connectivity index (χ1v) is 7.50. The van der Waals surface area contributed by atoms with E-state index >= 15 is 0 Å². The Morgan fingerprint density at radius 1 is 1.32 bits per heavy atom. The minimum atomic E-state index is -0.172. The second kappa shape index (κ2) is 6.15. The summed E-state index contributed by atoms with van der Waals surface area (Å²) in [6.45, 7) is 2.03. The van der Waals surface area contributed by atoms with Crippen LogP contribution in [-0.2, 0) is 4.79 Å². The van der Waals surface area contributed by atoms with Crippen molar-refractivity contribution in [2.24, 2.45) is 11.7 Å². The molecule has 2 bridgehead atoms. The average molecular weight is 296 g/mol. The van der Waals surface area contributed by atoms with Gasteiger partial charge in [0.25, 0.3) is 0 Å². The number of amides is 1. The number of carbonyl (C=O) groups excluding carboxylic acids is 1. The Balaban J connectivity index is 2.03. The van der Waals surface area contributed by atoms with Crippen LogP contribution in [0.25, 0.3) is 11.3 Å². The van der Waals surface area contributed by atoms with Gasteiger partial charge in [0.15, 0.2) is 0 Å². The van der Waals surface area contributed by atoms with Crippen LogP contribution < -0.4 is 11.1 Å². The van der Waals surface area contributed by atoms with E-state index in [2.05, 4.69) is 15.3 Å². The van der Waals surface area contributed by atoms with Gasteiger partial charge in [0.2, 0.25) is 5.91 Å². The molecule has 5 heteroatoms. The number of hydrogen-bond acceptors (Lipinski definition) is 3. The maximum Gasteiger partial charge on any atom is 0.224 e. The lowest BCUT2D eigenvalue weighted by atomic mass is 10.0. The fraction of sp³-hybridized carbons (Fsp3) is 0.294. The molecule has 2 aromatic rings. The number of aromatic nitrogens is 2. The molecule has 0 spiro atoms. The topological polar surface area (TPSA) is 83.8 Å². The van der Waals surface area contributed by atoms with Crippen molar-refractivity contribution >= 4 is 11.6 Å². The Morgan fingerprint density at radius 3 is 3.00 bits per heavy atom. The number of rotatable bonds is 0. The predicted octanol–water partition coefficient (Wildman–Crippen LogP) is 3.00. The second-order valence-electron chi connectivity index (χ2n) is 5.72. The van der Waals surface area contributed by atoms with Crippen molar-refractivity contribution in [3.8, 4) is 11.3 Å². The molecule has 5 nitrogen and oxygen atoms in total. The van der Waals surface area contributed by atoms with Crippen LogP contribution in [0.5, 0.6) is 0 Å². The number of carbonyl (C=O) groups is 1. The molecule has 0 saturated heterocycles. The normalized spacial score (nSPS) is 22.0. The Bertz CT molecular complexity index is 704. The van der Waals surface area contributed by atoms with E-state index in [1.807, 2.05) is 49.5 Å². The van der Waals surface area contributed by atoms with Gasteiger partial charge in [-0.05, 0) is 18.4 Å². The number of H-pyrrole nitrogens is 1. The lowest BCUT2D eigenvalue weighted by Gasteiger charge is -2.11. The van der Waals surface area contributed by atoms with Crippen molar-refractivity contribution in [2.75, 3.05) is 5.32 Å². The molecular weight excluding hydrogens is 276 g/mol. The molecule has 2 heterocycles. The van der Waals surface area contributed by atoms with Gasteiger partial charge < -0.3 is 16.0 Å². The highest BCUT2D eigenvalue weighted by molar-refractivity contribution is 5.95. The van der Waals surface area contributed by atoms with Gasteiger partial charge in [-0.1, -0.05) is 37.3 Å². The summed E-state index contributed by atoms with van der Waals surface area (Å²) in [6.07, 6.45) is 7.03. The average Bonchev–Trinajstić information content (AvgIpc) is 2.96. The molecule has 3 rings (SSSR count). The number of imidazole rings is 1. The van der Waals surface area contributed by atoms with E-state index in [0.29, 0.717) is 12.8 Å². The van der Waals surface area contributed by atoms with Crippen molar-refractivity contribution in [1.29, 1.82) is 0 Å². The minimum Gasteiger partial charge on any atom is -0.347 e. The van der Waals surface area contributed by atoms with Gasteiger partial charge in [0, 0.05) is 18.2 Å². The Morgan fingerprint density at radius 2 is 2.14 bits per heavy atom. The molecule has 1 aliphatic heterocycles. The molecule has 0 saturated carbocycles. The highest BCUT2D eigenvalue weighted by Crippen LogP contribution is 2.28. The number of fused-ring (bicyclic) bond motifs is 4. The maximum absolute atomic E-state index is 12.2. The number of aromatic amines is 1. The minimum absolute atomic E-state index is 0.00362. The number of anilines is 1. The van der Waals surface area contributed by atoms with E-state index in [1.165, 1.54) is 0 Å². The number of nitrogens with zero attached hydrogens (tertiary/aromatic N) is 1. The van der Waals surface area contributed by atoms with Crippen molar-refractivity contribution < 1.29 is 4.79 Å². The molecule has 1 unspecified atom stereocenters. The van der Waals surface area contributed by atoms with Gasteiger partial charge in [-0.15, -0.1) is 0 Å². The molecule has 1 aromatic heterocycles. The SMILES string of the molecule is CC1C=CC[C@H](N)c2nc(c[nH]2)-c2ccccc2NC(=O)C1. The summed E-state index contributed by atoms with van der Waals surface area (Å²) in [5.41, 5.74) is 8.62. The van der Waals surface area contributed by atoms with Crippen LogP contribution in [0.1, 0.15) is 31.6 Å². The molecule has 2 atom stereocenters. The standard InChI is InChI=1S/C17H20N4O/c1-11-5-4-7-13(18)17-19-10-15(21-17)12-6-2-3-8-14(12)20-16(22)9-11/h2-6,8,10-11,13H,7,9,18H2,1H3,(H,19,21)(H,20,22)/t11?,13-/m0/s1. The molecule has 0 radical (unpaired) electrons. The molecule has 4 N–H and O–H groups in total. The van der Waals surface area contributed by atoms with Crippen LogP contribution in [0.3, 0.4) is 0 Å². The summed E-state index contributed by atoms with van der Waals surface area (Å²) in [5.74, 6) is 0.933. The first-order chi connectivity index (χ1) is 10.6. The molecule has 1 amide bonds. The largest absolute Gasteiger partial charge is 0.347 e. The van der Waals surface area contributed by atoms with Gasteiger partial charge >= 0.3 is 0 Å². The molecule has 1 aliphatic rings. The van der Waals surface area contributed by atoms with Crippen molar-refractivity contribution in [1.82, 2.24) is 9.97 Å². The third-order valence-corrected chi connectivity index (χ3v) is 3.79. The monoisotopic (exact) mass is 296 g/mol. The van der Waals surface area contributed by atoms with Crippen LogP contribution in [0.15, 0.2) is 42.6 Å². The smallest absolute Gasteiger partial charge is 0.224 e. The number of hydrogen-bond donors (Lipinski definition) is 3. The van der Waals surface area contributed by atoms with E-state index in [4.69, 9.17) is 5.73 Å². The van der Waals surface area contributed by atoms with E-state index in [-0.39, 0.29) is 17.9 Å². The molecular formula is C17H20N4O. The van der Waals surface area contributed by atoms with Crippen molar-refractivity contribution in [3.05, 3.63) is 48.4 Å². The van der Waals surface area contributed by atoms with Crippen molar-refractivity contribution in [2.45, 2.75) is 25.8 Å². The fourth-order valence-corrected chi connectivity index (χ4v) is 2.61. The number of para-hydroxylation sites is 1. The quantitative estimate of drug-likeness (QED) is 0.653. The summed E-state index contributed by atoms with van der Waals surface area (Å²) in [7, 11) is 0. The fourth-order valence-electron chi connectivity index (χ4n) is 2.61. The van der Waals surface area contributed by atoms with Gasteiger partial charge in [-0.25, -0.2) is 4.98 Å². The Hall–Kier alpha value is -2.40.